The van der Waals surface area contributed by atoms with Crippen molar-refractivity contribution in [1.82, 2.24) is 15.6 Å². The van der Waals surface area contributed by atoms with Gasteiger partial charge in [-0.15, -0.1) is 24.0 Å². The van der Waals surface area contributed by atoms with Gasteiger partial charge in [-0.1, -0.05) is 24.6 Å². The molecule has 2 atom stereocenters. The van der Waals surface area contributed by atoms with Crippen LogP contribution in [-0.2, 0) is 6.54 Å². The third-order valence-corrected chi connectivity index (χ3v) is 4.71. The van der Waals surface area contributed by atoms with E-state index in [9.17, 15) is 13.2 Å². The van der Waals surface area contributed by atoms with E-state index in [1.807, 2.05) is 30.3 Å². The first-order valence-corrected chi connectivity index (χ1v) is 8.99. The highest BCUT2D eigenvalue weighted by Gasteiger charge is 2.42. The maximum atomic E-state index is 13.0. The van der Waals surface area contributed by atoms with E-state index in [0.29, 0.717) is 36.9 Å². The number of benzene rings is 1. The highest BCUT2D eigenvalue weighted by atomic mass is 127. The van der Waals surface area contributed by atoms with Crippen molar-refractivity contribution in [3.8, 4) is 11.5 Å². The molecule has 0 radical (unpaired) electrons. The number of halogens is 4. The molecule has 1 heterocycles. The predicted octanol–water partition coefficient (Wildman–Crippen LogP) is 4.75. The first kappa shape index (κ1) is 22.5. The number of hydrogen-bond acceptors (Lipinski definition) is 3. The van der Waals surface area contributed by atoms with E-state index >= 15 is 0 Å². The van der Waals surface area contributed by atoms with Gasteiger partial charge in [0.15, 0.2) is 5.96 Å². The van der Waals surface area contributed by atoms with Crippen LogP contribution in [0.4, 0.5) is 13.2 Å². The van der Waals surface area contributed by atoms with Crippen LogP contribution in [0.1, 0.15) is 31.4 Å². The molecule has 2 unspecified atom stereocenters. The lowest BCUT2D eigenvalue weighted by molar-refractivity contribution is -0.183. The Morgan fingerprint density at radius 2 is 2.00 bits per heavy atom. The standard InChI is InChI=1S/C19H23F3N4O.HI/c1-23-18(26-15-9-5-8-14(10-15)19(20,21)22)24-11-16-12-27-17(25-16)13-6-3-2-4-7-13;/h2-4,6-7,12,14-15H,5,8-11H2,1H3,(H2,23,24,26);1H. The molecule has 28 heavy (non-hydrogen) atoms. The van der Waals surface area contributed by atoms with Gasteiger partial charge in [-0.05, 0) is 31.4 Å². The van der Waals surface area contributed by atoms with Crippen LogP contribution >= 0.6 is 24.0 Å². The molecular formula is C19H24F3IN4O. The maximum absolute atomic E-state index is 13.0. The summed E-state index contributed by atoms with van der Waals surface area (Å²) in [7, 11) is 1.59. The fourth-order valence-electron chi connectivity index (χ4n) is 3.28. The fraction of sp³-hybridized carbons (Fsp3) is 0.474. The highest BCUT2D eigenvalue weighted by Crippen LogP contribution is 2.37. The van der Waals surface area contributed by atoms with Gasteiger partial charge >= 0.3 is 6.18 Å². The molecule has 1 aromatic carbocycles. The van der Waals surface area contributed by atoms with E-state index in [4.69, 9.17) is 4.42 Å². The second kappa shape index (κ2) is 10.1. The number of oxazole rings is 1. The maximum Gasteiger partial charge on any atom is 0.391 e. The van der Waals surface area contributed by atoms with Crippen LogP contribution < -0.4 is 10.6 Å². The van der Waals surface area contributed by atoms with Crippen LogP contribution in [0.2, 0.25) is 0 Å². The first-order chi connectivity index (χ1) is 13.0. The summed E-state index contributed by atoms with van der Waals surface area (Å²) >= 11 is 0. The number of alkyl halides is 3. The number of aliphatic imine (C=N–C) groups is 1. The zero-order valence-electron chi connectivity index (χ0n) is 15.5. The zero-order chi connectivity index (χ0) is 19.3. The van der Waals surface area contributed by atoms with Gasteiger partial charge in [0, 0.05) is 18.7 Å². The van der Waals surface area contributed by atoms with E-state index in [1.165, 1.54) is 0 Å². The Balaban J connectivity index is 0.00000280. The molecule has 0 bridgehead atoms. The summed E-state index contributed by atoms with van der Waals surface area (Å²) in [4.78, 5) is 8.52. The lowest BCUT2D eigenvalue weighted by atomic mass is 9.85. The third kappa shape index (κ3) is 6.11. The number of aromatic nitrogens is 1. The Hall–Kier alpha value is -1.78. The van der Waals surface area contributed by atoms with Crippen molar-refractivity contribution < 1.29 is 17.6 Å². The summed E-state index contributed by atoms with van der Waals surface area (Å²) in [6.45, 7) is 0.366. The normalized spacial score (nSPS) is 20.4. The van der Waals surface area contributed by atoms with Gasteiger partial charge in [0.1, 0.15) is 6.26 Å². The SMILES string of the molecule is CN=C(NCc1coc(-c2ccccc2)n1)NC1CCCC(C(F)(F)F)C1.I. The summed E-state index contributed by atoms with van der Waals surface area (Å²) in [6.07, 6.45) is -1.03. The van der Waals surface area contributed by atoms with Crippen molar-refractivity contribution in [2.45, 2.75) is 44.4 Å². The van der Waals surface area contributed by atoms with Crippen LogP contribution in [0.3, 0.4) is 0 Å². The van der Waals surface area contributed by atoms with Crippen LogP contribution in [0.5, 0.6) is 0 Å². The Labute approximate surface area is 179 Å². The van der Waals surface area contributed by atoms with Crippen molar-refractivity contribution in [3.63, 3.8) is 0 Å². The highest BCUT2D eigenvalue weighted by molar-refractivity contribution is 14.0. The smallest absolute Gasteiger partial charge is 0.391 e. The van der Waals surface area contributed by atoms with Gasteiger partial charge in [0.2, 0.25) is 5.89 Å². The van der Waals surface area contributed by atoms with Gasteiger partial charge in [-0.3, -0.25) is 4.99 Å². The number of hydrogen-bond donors (Lipinski definition) is 2. The molecule has 0 amide bonds. The molecule has 1 aliphatic carbocycles. The zero-order valence-corrected chi connectivity index (χ0v) is 17.8. The molecule has 1 fully saturated rings. The average Bonchev–Trinajstić information content (AvgIpc) is 3.14. The average molecular weight is 508 g/mol. The van der Waals surface area contributed by atoms with E-state index < -0.39 is 12.1 Å². The summed E-state index contributed by atoms with van der Waals surface area (Å²) in [5.41, 5.74) is 1.57. The minimum atomic E-state index is -4.13. The lowest BCUT2D eigenvalue weighted by Crippen LogP contribution is -2.46. The molecule has 0 aliphatic heterocycles. The Kier molecular flexibility index (Phi) is 8.14. The van der Waals surface area contributed by atoms with Gasteiger partial charge < -0.3 is 15.1 Å². The van der Waals surface area contributed by atoms with Crippen molar-refractivity contribution >= 4 is 29.9 Å². The van der Waals surface area contributed by atoms with E-state index in [2.05, 4.69) is 20.6 Å². The molecular weight excluding hydrogens is 484 g/mol. The molecule has 154 valence electrons. The van der Waals surface area contributed by atoms with Crippen LogP contribution in [0.15, 0.2) is 46.0 Å². The summed E-state index contributed by atoms with van der Waals surface area (Å²) in [5, 5.41) is 6.18. The Morgan fingerprint density at radius 1 is 1.25 bits per heavy atom. The topological polar surface area (TPSA) is 62.5 Å². The summed E-state index contributed by atoms with van der Waals surface area (Å²) in [5.74, 6) is -0.256. The number of guanidine groups is 1. The fourth-order valence-corrected chi connectivity index (χ4v) is 3.28. The number of nitrogens with zero attached hydrogens (tertiary/aromatic N) is 2. The number of rotatable bonds is 4. The monoisotopic (exact) mass is 508 g/mol. The third-order valence-electron chi connectivity index (χ3n) is 4.71. The van der Waals surface area contributed by atoms with Crippen molar-refractivity contribution in [1.29, 1.82) is 0 Å². The van der Waals surface area contributed by atoms with Crippen molar-refractivity contribution in [2.75, 3.05) is 7.05 Å². The van der Waals surface area contributed by atoms with E-state index in [1.54, 1.807) is 13.3 Å². The quantitative estimate of drug-likeness (QED) is 0.356. The van der Waals surface area contributed by atoms with Crippen molar-refractivity contribution in [3.05, 3.63) is 42.3 Å². The largest absolute Gasteiger partial charge is 0.444 e. The second-order valence-corrected chi connectivity index (χ2v) is 6.68. The molecule has 1 aromatic heterocycles. The van der Waals surface area contributed by atoms with Gasteiger partial charge in [0.25, 0.3) is 0 Å². The second-order valence-electron chi connectivity index (χ2n) is 6.68. The molecule has 3 rings (SSSR count). The van der Waals surface area contributed by atoms with Gasteiger partial charge in [-0.25, -0.2) is 4.98 Å². The molecule has 1 aliphatic rings. The Morgan fingerprint density at radius 3 is 2.68 bits per heavy atom. The van der Waals surface area contributed by atoms with Crippen molar-refractivity contribution in [2.24, 2.45) is 10.9 Å². The summed E-state index contributed by atoms with van der Waals surface area (Å²) in [6, 6.07) is 9.30. The van der Waals surface area contributed by atoms with E-state index in [0.717, 1.165) is 5.56 Å². The molecule has 9 heteroatoms. The summed E-state index contributed by atoms with van der Waals surface area (Å²) < 4.78 is 44.3. The van der Waals surface area contributed by atoms with Crippen LogP contribution in [-0.4, -0.2) is 30.2 Å². The van der Waals surface area contributed by atoms with Crippen LogP contribution in [0.25, 0.3) is 11.5 Å². The van der Waals surface area contributed by atoms with Gasteiger partial charge in [0.05, 0.1) is 18.2 Å². The molecule has 0 spiro atoms. The molecule has 0 saturated heterocycles. The minimum absolute atomic E-state index is 0. The van der Waals surface area contributed by atoms with Crippen LogP contribution in [0, 0.1) is 5.92 Å². The van der Waals surface area contributed by atoms with E-state index in [-0.39, 0.29) is 42.9 Å². The van der Waals surface area contributed by atoms with Gasteiger partial charge in [-0.2, -0.15) is 13.2 Å². The molecule has 1 saturated carbocycles. The lowest BCUT2D eigenvalue weighted by Gasteiger charge is -2.31. The molecule has 2 aromatic rings. The minimum Gasteiger partial charge on any atom is -0.444 e. The molecule has 5 nitrogen and oxygen atoms in total. The predicted molar refractivity (Wildman–Crippen MR) is 112 cm³/mol. The number of nitrogens with one attached hydrogen (secondary N) is 2. The Bertz CT molecular complexity index is 764. The first-order valence-electron chi connectivity index (χ1n) is 8.99. The molecule has 2 N–H and O–H groups in total.